The van der Waals surface area contributed by atoms with E-state index in [-0.39, 0.29) is 5.91 Å². The highest BCUT2D eigenvalue weighted by Crippen LogP contribution is 2.43. The van der Waals surface area contributed by atoms with Crippen LogP contribution in [0.2, 0.25) is 0 Å². The van der Waals surface area contributed by atoms with Gasteiger partial charge in [-0.3, -0.25) is 4.79 Å². The van der Waals surface area contributed by atoms with Crippen LogP contribution in [0.25, 0.3) is 0 Å². The van der Waals surface area contributed by atoms with Crippen molar-refractivity contribution >= 4 is 39.7 Å². The van der Waals surface area contributed by atoms with Crippen LogP contribution in [0.15, 0.2) is 4.90 Å². The van der Waals surface area contributed by atoms with Crippen molar-refractivity contribution in [1.82, 2.24) is 5.32 Å². The van der Waals surface area contributed by atoms with Crippen LogP contribution in [-0.4, -0.2) is 31.8 Å². The second-order valence-corrected chi connectivity index (χ2v) is 7.52. The standard InChI is InChI=1S/C14H23N3OS2/c1-8(2)7-17(3)14-12(19-4)10(15)11(20-14)13(18)16-9-5-6-9/h8-9H,5-7,15H2,1-4H3,(H,16,18). The van der Waals surface area contributed by atoms with Gasteiger partial charge in [0.2, 0.25) is 0 Å². The maximum atomic E-state index is 12.2. The normalized spacial score (nSPS) is 14.7. The molecule has 20 heavy (non-hydrogen) atoms. The summed E-state index contributed by atoms with van der Waals surface area (Å²) in [6.45, 7) is 5.33. The number of rotatable bonds is 6. The molecule has 4 nitrogen and oxygen atoms in total. The van der Waals surface area contributed by atoms with Crippen molar-refractivity contribution in [1.29, 1.82) is 0 Å². The third kappa shape index (κ3) is 3.41. The molecular formula is C14H23N3OS2. The Balaban J connectivity index is 2.25. The molecule has 0 bridgehead atoms. The Hall–Kier alpha value is -0.880. The van der Waals surface area contributed by atoms with Gasteiger partial charge < -0.3 is 16.0 Å². The van der Waals surface area contributed by atoms with Crippen molar-refractivity contribution in [3.05, 3.63) is 4.88 Å². The first kappa shape index (κ1) is 15.5. The molecule has 1 aliphatic carbocycles. The van der Waals surface area contributed by atoms with Crippen LogP contribution in [0.1, 0.15) is 36.4 Å². The first-order valence-corrected chi connectivity index (χ1v) is 8.96. The fourth-order valence-electron chi connectivity index (χ4n) is 2.14. The van der Waals surface area contributed by atoms with E-state index in [1.54, 1.807) is 11.8 Å². The molecule has 1 aromatic heterocycles. The molecule has 2 rings (SSSR count). The van der Waals surface area contributed by atoms with Crippen LogP contribution in [0, 0.1) is 5.92 Å². The Morgan fingerprint density at radius 3 is 2.70 bits per heavy atom. The average molecular weight is 313 g/mol. The van der Waals surface area contributed by atoms with Gasteiger partial charge in [-0.15, -0.1) is 23.1 Å². The molecule has 0 spiro atoms. The molecule has 3 N–H and O–H groups in total. The summed E-state index contributed by atoms with van der Waals surface area (Å²) in [7, 11) is 2.06. The zero-order valence-corrected chi connectivity index (χ0v) is 14.2. The van der Waals surface area contributed by atoms with E-state index in [0.29, 0.717) is 22.5 Å². The number of anilines is 2. The molecule has 0 atom stereocenters. The Kier molecular flexibility index (Phi) is 4.86. The summed E-state index contributed by atoms with van der Waals surface area (Å²) in [6, 6.07) is 0.360. The smallest absolute Gasteiger partial charge is 0.263 e. The Labute approximate surface area is 129 Å². The first-order chi connectivity index (χ1) is 9.43. The van der Waals surface area contributed by atoms with Crippen LogP contribution in [0.4, 0.5) is 10.7 Å². The number of hydrogen-bond donors (Lipinski definition) is 2. The van der Waals surface area contributed by atoms with Crippen LogP contribution >= 0.6 is 23.1 Å². The van der Waals surface area contributed by atoms with Crippen molar-refractivity contribution in [2.24, 2.45) is 5.92 Å². The molecule has 0 aliphatic heterocycles. The van der Waals surface area contributed by atoms with Crippen LogP contribution < -0.4 is 16.0 Å². The molecule has 1 aromatic rings. The molecule has 0 saturated heterocycles. The van der Waals surface area contributed by atoms with Gasteiger partial charge in [0.15, 0.2) is 0 Å². The van der Waals surface area contributed by atoms with Gasteiger partial charge in [0.25, 0.3) is 5.91 Å². The highest BCUT2D eigenvalue weighted by atomic mass is 32.2. The number of nitrogen functional groups attached to an aromatic ring is 1. The number of nitrogens with one attached hydrogen (secondary N) is 1. The van der Waals surface area contributed by atoms with Crippen LogP contribution in [0.5, 0.6) is 0 Å². The summed E-state index contributed by atoms with van der Waals surface area (Å²) in [4.78, 5) is 16.1. The third-order valence-electron chi connectivity index (χ3n) is 3.19. The van der Waals surface area contributed by atoms with Gasteiger partial charge in [-0.25, -0.2) is 0 Å². The fourth-order valence-corrected chi connectivity index (χ4v) is 4.22. The molecule has 1 amide bonds. The van der Waals surface area contributed by atoms with Gasteiger partial charge in [0, 0.05) is 19.6 Å². The Morgan fingerprint density at radius 1 is 1.55 bits per heavy atom. The molecule has 0 radical (unpaired) electrons. The number of amides is 1. The van der Waals surface area contributed by atoms with E-state index in [0.717, 1.165) is 29.3 Å². The maximum absolute atomic E-state index is 12.2. The highest BCUT2D eigenvalue weighted by molar-refractivity contribution is 7.99. The molecule has 0 unspecified atom stereocenters. The van der Waals surface area contributed by atoms with Gasteiger partial charge in [-0.05, 0) is 25.0 Å². The largest absolute Gasteiger partial charge is 0.396 e. The van der Waals surface area contributed by atoms with Gasteiger partial charge in [0.1, 0.15) is 9.88 Å². The fraction of sp³-hybridized carbons (Fsp3) is 0.643. The van der Waals surface area contributed by atoms with E-state index in [1.807, 2.05) is 6.26 Å². The maximum Gasteiger partial charge on any atom is 0.263 e. The number of nitrogens with zero attached hydrogens (tertiary/aromatic N) is 1. The molecule has 1 aliphatic rings. The monoisotopic (exact) mass is 313 g/mol. The third-order valence-corrected chi connectivity index (χ3v) is 5.46. The summed E-state index contributed by atoms with van der Waals surface area (Å²) in [5.41, 5.74) is 6.81. The van der Waals surface area contributed by atoms with E-state index >= 15 is 0 Å². The van der Waals surface area contributed by atoms with Crippen LogP contribution in [-0.2, 0) is 0 Å². The summed E-state index contributed by atoms with van der Waals surface area (Å²) in [5, 5.41) is 4.12. The Bertz CT molecular complexity index is 495. The van der Waals surface area contributed by atoms with Crippen molar-refractivity contribution in [3.63, 3.8) is 0 Å². The van der Waals surface area contributed by atoms with Crippen molar-refractivity contribution in [3.8, 4) is 0 Å². The van der Waals surface area contributed by atoms with E-state index < -0.39 is 0 Å². The summed E-state index contributed by atoms with van der Waals surface area (Å²) < 4.78 is 0. The molecule has 6 heteroatoms. The molecule has 1 saturated carbocycles. The number of carbonyl (C=O) groups excluding carboxylic acids is 1. The zero-order chi connectivity index (χ0) is 14.9. The molecule has 0 aromatic carbocycles. The first-order valence-electron chi connectivity index (χ1n) is 6.92. The topological polar surface area (TPSA) is 58.4 Å². The number of thiophene rings is 1. The van der Waals surface area contributed by atoms with Gasteiger partial charge >= 0.3 is 0 Å². The lowest BCUT2D eigenvalue weighted by Gasteiger charge is -2.20. The summed E-state index contributed by atoms with van der Waals surface area (Å²) in [6.07, 6.45) is 4.19. The van der Waals surface area contributed by atoms with Gasteiger partial charge in [0.05, 0.1) is 10.6 Å². The van der Waals surface area contributed by atoms with Crippen molar-refractivity contribution < 1.29 is 4.79 Å². The molecular weight excluding hydrogens is 290 g/mol. The minimum atomic E-state index is -0.0190. The SMILES string of the molecule is CSc1c(N(C)CC(C)C)sc(C(=O)NC2CC2)c1N. The second kappa shape index (κ2) is 6.26. The summed E-state index contributed by atoms with van der Waals surface area (Å²) in [5.74, 6) is 0.552. The zero-order valence-electron chi connectivity index (χ0n) is 12.5. The van der Waals surface area contributed by atoms with Crippen molar-refractivity contribution in [2.75, 3.05) is 30.5 Å². The van der Waals surface area contributed by atoms with Crippen LogP contribution in [0.3, 0.4) is 0 Å². The molecule has 1 fully saturated rings. The minimum Gasteiger partial charge on any atom is -0.396 e. The lowest BCUT2D eigenvalue weighted by atomic mass is 10.2. The van der Waals surface area contributed by atoms with Gasteiger partial charge in [-0.1, -0.05) is 13.8 Å². The molecule has 112 valence electrons. The van der Waals surface area contributed by atoms with Crippen molar-refractivity contribution in [2.45, 2.75) is 37.6 Å². The number of thioether (sulfide) groups is 1. The highest BCUT2D eigenvalue weighted by Gasteiger charge is 2.28. The van der Waals surface area contributed by atoms with E-state index in [1.165, 1.54) is 11.3 Å². The number of hydrogen-bond acceptors (Lipinski definition) is 5. The van der Waals surface area contributed by atoms with E-state index in [9.17, 15) is 4.79 Å². The predicted octanol–water partition coefficient (Wildman–Crippen LogP) is 3.04. The quantitative estimate of drug-likeness (QED) is 0.793. The van der Waals surface area contributed by atoms with Gasteiger partial charge in [-0.2, -0.15) is 0 Å². The lowest BCUT2D eigenvalue weighted by molar-refractivity contribution is 0.0956. The minimum absolute atomic E-state index is 0.0190. The average Bonchev–Trinajstić information content (AvgIpc) is 3.09. The summed E-state index contributed by atoms with van der Waals surface area (Å²) >= 11 is 3.12. The van der Waals surface area contributed by atoms with E-state index in [4.69, 9.17) is 5.73 Å². The molecule has 1 heterocycles. The second-order valence-electron chi connectivity index (χ2n) is 5.71. The number of nitrogens with two attached hydrogens (primary N) is 1. The lowest BCUT2D eigenvalue weighted by Crippen LogP contribution is -2.25. The number of carbonyl (C=O) groups is 1. The van der Waals surface area contributed by atoms with E-state index in [2.05, 4.69) is 31.1 Å². The Morgan fingerprint density at radius 2 is 2.20 bits per heavy atom. The predicted molar refractivity (Wildman–Crippen MR) is 89.1 cm³/mol.